The molecule has 0 aliphatic carbocycles. The Bertz CT molecular complexity index is 376. The number of aryl methyl sites for hydroxylation is 1. The molecule has 1 saturated heterocycles. The van der Waals surface area contributed by atoms with Crippen LogP contribution in [0.3, 0.4) is 0 Å². The van der Waals surface area contributed by atoms with Crippen LogP contribution in [0.2, 0.25) is 0 Å². The zero-order valence-corrected chi connectivity index (χ0v) is 10.0. The van der Waals surface area contributed by atoms with Crippen molar-refractivity contribution >= 4 is 0 Å². The second-order valence-electron chi connectivity index (χ2n) is 4.46. The molecular formula is C13H18F2N2. The molecule has 0 spiro atoms. The van der Waals surface area contributed by atoms with Crippen molar-refractivity contribution in [2.75, 3.05) is 32.9 Å². The van der Waals surface area contributed by atoms with Gasteiger partial charge in [0.2, 0.25) is 0 Å². The summed E-state index contributed by atoms with van der Waals surface area (Å²) >= 11 is 0. The molecule has 1 aromatic rings. The molecule has 1 atom stereocenters. The molecule has 0 unspecified atom stereocenters. The fraction of sp³-hybridized carbons (Fsp3) is 0.538. The van der Waals surface area contributed by atoms with E-state index < -0.39 is 6.67 Å². The summed E-state index contributed by atoms with van der Waals surface area (Å²) in [5.41, 5.74) is 1.72. The largest absolute Gasteiger partial charge is 0.314 e. The van der Waals surface area contributed by atoms with Gasteiger partial charge in [-0.05, 0) is 30.2 Å². The van der Waals surface area contributed by atoms with Crippen molar-refractivity contribution in [2.45, 2.75) is 13.0 Å². The van der Waals surface area contributed by atoms with Gasteiger partial charge in [-0.1, -0.05) is 6.07 Å². The van der Waals surface area contributed by atoms with Crippen LogP contribution >= 0.6 is 0 Å². The van der Waals surface area contributed by atoms with E-state index in [1.807, 2.05) is 6.92 Å². The molecule has 1 aromatic carbocycles. The Morgan fingerprint density at radius 2 is 2.06 bits per heavy atom. The predicted molar refractivity (Wildman–Crippen MR) is 64.3 cm³/mol. The Morgan fingerprint density at radius 1 is 1.35 bits per heavy atom. The van der Waals surface area contributed by atoms with Gasteiger partial charge in [0.1, 0.15) is 12.5 Å². The van der Waals surface area contributed by atoms with Gasteiger partial charge < -0.3 is 5.32 Å². The van der Waals surface area contributed by atoms with E-state index in [0.29, 0.717) is 0 Å². The molecular weight excluding hydrogens is 222 g/mol. The van der Waals surface area contributed by atoms with Crippen molar-refractivity contribution in [2.24, 2.45) is 0 Å². The van der Waals surface area contributed by atoms with E-state index in [1.54, 1.807) is 6.07 Å². The van der Waals surface area contributed by atoms with Gasteiger partial charge in [0.25, 0.3) is 0 Å². The normalized spacial score (nSPS) is 19.2. The van der Waals surface area contributed by atoms with Crippen molar-refractivity contribution < 1.29 is 8.78 Å². The molecule has 0 radical (unpaired) electrons. The van der Waals surface area contributed by atoms with Crippen LogP contribution in [0, 0.1) is 12.7 Å². The Morgan fingerprint density at radius 3 is 2.71 bits per heavy atom. The van der Waals surface area contributed by atoms with E-state index in [1.165, 1.54) is 12.1 Å². The number of benzene rings is 1. The summed E-state index contributed by atoms with van der Waals surface area (Å²) in [4.78, 5) is 2.08. The molecule has 0 amide bonds. The molecule has 1 N–H and O–H groups in total. The zero-order chi connectivity index (χ0) is 12.3. The summed E-state index contributed by atoms with van der Waals surface area (Å²) in [7, 11) is 0. The van der Waals surface area contributed by atoms with Crippen LogP contribution in [0.25, 0.3) is 0 Å². The van der Waals surface area contributed by atoms with Crippen LogP contribution in [0.5, 0.6) is 0 Å². The van der Waals surface area contributed by atoms with Crippen molar-refractivity contribution in [1.29, 1.82) is 0 Å². The van der Waals surface area contributed by atoms with Gasteiger partial charge in [-0.2, -0.15) is 0 Å². The highest BCUT2D eigenvalue weighted by molar-refractivity contribution is 5.30. The van der Waals surface area contributed by atoms with Gasteiger partial charge in [-0.25, -0.2) is 8.78 Å². The standard InChI is InChI=1S/C13H18F2N2/c1-10-2-3-11(15)8-12(10)13(9-14)17-6-4-16-5-7-17/h2-3,8,13,16H,4-7,9H2,1H3/t13-/m0/s1. The lowest BCUT2D eigenvalue weighted by Gasteiger charge is -2.34. The SMILES string of the molecule is Cc1ccc(F)cc1[C@H](CF)N1CCNCC1. The van der Waals surface area contributed by atoms with E-state index in [0.717, 1.165) is 37.3 Å². The van der Waals surface area contributed by atoms with E-state index in [2.05, 4.69) is 10.2 Å². The predicted octanol–water partition coefficient (Wildman–Crippen LogP) is 2.05. The minimum absolute atomic E-state index is 0.292. The van der Waals surface area contributed by atoms with Gasteiger partial charge in [-0.15, -0.1) is 0 Å². The van der Waals surface area contributed by atoms with Crippen molar-refractivity contribution in [3.63, 3.8) is 0 Å². The molecule has 0 aromatic heterocycles. The van der Waals surface area contributed by atoms with Crippen molar-refractivity contribution in [3.8, 4) is 0 Å². The number of nitrogens with zero attached hydrogens (tertiary/aromatic N) is 1. The minimum Gasteiger partial charge on any atom is -0.314 e. The first-order chi connectivity index (χ1) is 8.22. The molecule has 1 aliphatic rings. The molecule has 94 valence electrons. The fourth-order valence-electron chi connectivity index (χ4n) is 2.34. The molecule has 0 bridgehead atoms. The average Bonchev–Trinajstić information content (AvgIpc) is 2.36. The zero-order valence-electron chi connectivity index (χ0n) is 10.0. The van der Waals surface area contributed by atoms with Crippen LogP contribution < -0.4 is 5.32 Å². The van der Waals surface area contributed by atoms with Gasteiger partial charge >= 0.3 is 0 Å². The Kier molecular flexibility index (Phi) is 4.07. The number of rotatable bonds is 3. The van der Waals surface area contributed by atoms with Gasteiger partial charge in [0.15, 0.2) is 0 Å². The summed E-state index contributed by atoms with van der Waals surface area (Å²) in [6.07, 6.45) is 0. The summed E-state index contributed by atoms with van der Waals surface area (Å²) in [5.74, 6) is -0.292. The molecule has 1 aliphatic heterocycles. The summed E-state index contributed by atoms with van der Waals surface area (Å²) in [5, 5.41) is 3.23. The average molecular weight is 240 g/mol. The van der Waals surface area contributed by atoms with Crippen LogP contribution in [-0.2, 0) is 0 Å². The Hall–Kier alpha value is -1.00. The number of hydrogen-bond acceptors (Lipinski definition) is 2. The lowest BCUT2D eigenvalue weighted by Crippen LogP contribution is -2.45. The number of piperazine rings is 1. The molecule has 4 heteroatoms. The maximum Gasteiger partial charge on any atom is 0.123 e. The molecule has 1 heterocycles. The third-order valence-electron chi connectivity index (χ3n) is 3.34. The summed E-state index contributed by atoms with van der Waals surface area (Å²) in [6.45, 7) is 4.79. The van der Waals surface area contributed by atoms with Crippen molar-refractivity contribution in [1.82, 2.24) is 10.2 Å². The second kappa shape index (κ2) is 5.56. The number of alkyl halides is 1. The van der Waals surface area contributed by atoms with Gasteiger partial charge in [0, 0.05) is 26.2 Å². The molecule has 0 saturated carbocycles. The monoisotopic (exact) mass is 240 g/mol. The molecule has 1 fully saturated rings. The minimum atomic E-state index is -0.468. The first-order valence-corrected chi connectivity index (χ1v) is 5.99. The molecule has 17 heavy (non-hydrogen) atoms. The lowest BCUT2D eigenvalue weighted by molar-refractivity contribution is 0.147. The second-order valence-corrected chi connectivity index (χ2v) is 4.46. The van der Waals surface area contributed by atoms with E-state index in [9.17, 15) is 8.78 Å². The van der Waals surface area contributed by atoms with Crippen LogP contribution in [0.1, 0.15) is 17.2 Å². The maximum absolute atomic E-state index is 13.3. The summed E-state index contributed by atoms with van der Waals surface area (Å²) in [6, 6.07) is 4.29. The van der Waals surface area contributed by atoms with Gasteiger partial charge in [-0.3, -0.25) is 4.90 Å². The Labute approximate surface area is 101 Å². The third-order valence-corrected chi connectivity index (χ3v) is 3.34. The van der Waals surface area contributed by atoms with Crippen molar-refractivity contribution in [3.05, 3.63) is 35.1 Å². The van der Waals surface area contributed by atoms with Crippen LogP contribution in [-0.4, -0.2) is 37.8 Å². The molecule has 2 rings (SSSR count). The highest BCUT2D eigenvalue weighted by Crippen LogP contribution is 2.25. The number of halogens is 2. The van der Waals surface area contributed by atoms with Crippen LogP contribution in [0.4, 0.5) is 8.78 Å². The highest BCUT2D eigenvalue weighted by Gasteiger charge is 2.23. The Balaban J connectivity index is 2.24. The fourth-order valence-corrected chi connectivity index (χ4v) is 2.34. The highest BCUT2D eigenvalue weighted by atomic mass is 19.1. The quantitative estimate of drug-likeness (QED) is 0.870. The lowest BCUT2D eigenvalue weighted by atomic mass is 10.00. The van der Waals surface area contributed by atoms with E-state index in [-0.39, 0.29) is 11.9 Å². The topological polar surface area (TPSA) is 15.3 Å². The summed E-state index contributed by atoms with van der Waals surface area (Å²) < 4.78 is 26.5. The van der Waals surface area contributed by atoms with E-state index >= 15 is 0 Å². The smallest absolute Gasteiger partial charge is 0.123 e. The van der Waals surface area contributed by atoms with Crippen LogP contribution in [0.15, 0.2) is 18.2 Å². The molecule has 2 nitrogen and oxygen atoms in total. The van der Waals surface area contributed by atoms with E-state index in [4.69, 9.17) is 0 Å². The maximum atomic E-state index is 13.3. The first-order valence-electron chi connectivity index (χ1n) is 5.99. The number of nitrogens with one attached hydrogen (secondary N) is 1. The number of hydrogen-bond donors (Lipinski definition) is 1. The third kappa shape index (κ3) is 2.82. The van der Waals surface area contributed by atoms with Gasteiger partial charge in [0.05, 0.1) is 6.04 Å². The first kappa shape index (κ1) is 12.5.